The molecule has 0 saturated carbocycles. The minimum Gasteiger partial charge on any atom is -0.462 e. The lowest BCUT2D eigenvalue weighted by Crippen LogP contribution is -2.36. The van der Waals surface area contributed by atoms with Crippen molar-refractivity contribution in [1.82, 2.24) is 14.5 Å². The molecule has 0 atom stereocenters. The summed E-state index contributed by atoms with van der Waals surface area (Å²) in [5.41, 5.74) is 0.177. The number of halogens is 1. The first-order valence-corrected chi connectivity index (χ1v) is 13.5. The number of carbonyl (C=O) groups excluding carboxylic acids is 3. The summed E-state index contributed by atoms with van der Waals surface area (Å²) in [5.74, 6) is -3.35. The van der Waals surface area contributed by atoms with E-state index in [0.717, 1.165) is 6.07 Å². The number of aliphatic hydroxyl groups is 2. The van der Waals surface area contributed by atoms with Gasteiger partial charge in [0.25, 0.3) is 11.5 Å². The fraction of sp³-hybridized carbons (Fsp3) is 0.258. The van der Waals surface area contributed by atoms with Gasteiger partial charge in [-0.2, -0.15) is 0 Å². The molecule has 43 heavy (non-hydrogen) atoms. The minimum atomic E-state index is -0.975. The zero-order valence-electron chi connectivity index (χ0n) is 23.6. The van der Waals surface area contributed by atoms with E-state index < -0.39 is 34.8 Å². The number of hydrogen-bond donors (Lipinski definition) is 2. The summed E-state index contributed by atoms with van der Waals surface area (Å²) in [4.78, 5) is 58.0. The Morgan fingerprint density at radius 3 is 2.35 bits per heavy atom. The number of amides is 1. The van der Waals surface area contributed by atoms with Gasteiger partial charge in [-0.1, -0.05) is 24.3 Å². The van der Waals surface area contributed by atoms with Crippen LogP contribution >= 0.6 is 0 Å². The van der Waals surface area contributed by atoms with Crippen molar-refractivity contribution in [1.29, 1.82) is 0 Å². The van der Waals surface area contributed by atoms with Crippen LogP contribution in [0.2, 0.25) is 0 Å². The van der Waals surface area contributed by atoms with Gasteiger partial charge in [0.1, 0.15) is 11.3 Å². The molecule has 4 aromatic rings. The van der Waals surface area contributed by atoms with Crippen LogP contribution in [-0.4, -0.2) is 75.4 Å². The maximum absolute atomic E-state index is 14.2. The molecule has 11 nitrogen and oxygen atoms in total. The van der Waals surface area contributed by atoms with E-state index in [1.165, 1.54) is 47.0 Å². The van der Waals surface area contributed by atoms with Crippen molar-refractivity contribution in [2.45, 2.75) is 13.3 Å². The van der Waals surface area contributed by atoms with Crippen molar-refractivity contribution in [2.24, 2.45) is 7.05 Å². The summed E-state index contributed by atoms with van der Waals surface area (Å²) in [6.07, 6.45) is 1.52. The smallest absolute Gasteiger partial charge is 0.347 e. The topological polar surface area (TPSA) is 148 Å². The molecule has 0 unspecified atom stereocenters. The normalized spacial score (nSPS) is 10.9. The summed E-state index contributed by atoms with van der Waals surface area (Å²) in [7, 11) is 1.43. The largest absolute Gasteiger partial charge is 0.462 e. The Kier molecular flexibility index (Phi) is 9.96. The Balaban J connectivity index is 1.81. The van der Waals surface area contributed by atoms with Crippen molar-refractivity contribution < 1.29 is 38.5 Å². The highest BCUT2D eigenvalue weighted by Crippen LogP contribution is 2.29. The molecule has 1 amide bonds. The summed E-state index contributed by atoms with van der Waals surface area (Å²) < 4.78 is 26.1. The molecule has 0 fully saturated rings. The Labute approximate surface area is 245 Å². The Morgan fingerprint density at radius 2 is 1.70 bits per heavy atom. The molecule has 0 saturated heterocycles. The second-order valence-electron chi connectivity index (χ2n) is 9.47. The average Bonchev–Trinajstić information content (AvgIpc) is 3.00. The molecule has 0 aliphatic carbocycles. The Bertz CT molecular complexity index is 1720. The van der Waals surface area contributed by atoms with E-state index >= 15 is 0 Å². The van der Waals surface area contributed by atoms with E-state index in [1.807, 2.05) is 0 Å². The van der Waals surface area contributed by atoms with Gasteiger partial charge < -0.3 is 29.2 Å². The lowest BCUT2D eigenvalue weighted by atomic mass is 9.99. The third-order valence-corrected chi connectivity index (χ3v) is 6.65. The van der Waals surface area contributed by atoms with Gasteiger partial charge in [0.05, 0.1) is 30.9 Å². The van der Waals surface area contributed by atoms with Gasteiger partial charge in [-0.3, -0.25) is 14.6 Å². The van der Waals surface area contributed by atoms with Crippen LogP contribution in [0.3, 0.4) is 0 Å². The van der Waals surface area contributed by atoms with E-state index in [2.05, 4.69) is 4.98 Å². The van der Waals surface area contributed by atoms with Crippen molar-refractivity contribution in [3.8, 4) is 5.75 Å². The number of benzene rings is 2. The van der Waals surface area contributed by atoms with Gasteiger partial charge in [0.2, 0.25) is 0 Å². The molecule has 0 radical (unpaired) electrons. The summed E-state index contributed by atoms with van der Waals surface area (Å²) in [5, 5.41) is 18.7. The highest BCUT2D eigenvalue weighted by molar-refractivity contribution is 6.02. The lowest BCUT2D eigenvalue weighted by Gasteiger charge is -2.22. The van der Waals surface area contributed by atoms with Crippen molar-refractivity contribution in [3.05, 3.63) is 105 Å². The number of aromatic nitrogens is 2. The van der Waals surface area contributed by atoms with Crippen molar-refractivity contribution in [2.75, 3.05) is 32.9 Å². The molecular formula is C31H30FN3O8. The molecule has 0 bridgehead atoms. The Morgan fingerprint density at radius 1 is 1.00 bits per heavy atom. The zero-order chi connectivity index (χ0) is 31.1. The first-order valence-electron chi connectivity index (χ1n) is 13.5. The van der Waals surface area contributed by atoms with Crippen LogP contribution in [-0.2, 0) is 18.2 Å². The first kappa shape index (κ1) is 31.0. The fourth-order valence-electron chi connectivity index (χ4n) is 4.57. The molecular weight excluding hydrogens is 561 g/mol. The quantitative estimate of drug-likeness (QED) is 0.251. The second kappa shape index (κ2) is 13.8. The number of carbonyl (C=O) groups is 3. The van der Waals surface area contributed by atoms with Crippen LogP contribution in [0.25, 0.3) is 11.0 Å². The Hall–Kier alpha value is -4.94. The van der Waals surface area contributed by atoms with Crippen LogP contribution in [0.1, 0.15) is 49.1 Å². The number of ether oxygens (including phenoxy) is 2. The van der Waals surface area contributed by atoms with Crippen LogP contribution in [0.15, 0.2) is 65.6 Å². The fourth-order valence-corrected chi connectivity index (χ4v) is 4.57. The molecule has 2 aromatic heterocycles. The third kappa shape index (κ3) is 6.76. The SMILES string of the molecule is CCOC(=O)c1c(OC(=O)c2ccccc2)c2ncc(Cc3ccc(F)cc3C(=O)N(CCO)CCO)cc2n(C)c1=O. The number of pyridine rings is 2. The highest BCUT2D eigenvalue weighted by atomic mass is 19.1. The molecule has 0 spiro atoms. The van der Waals surface area contributed by atoms with E-state index in [9.17, 15) is 33.8 Å². The molecule has 224 valence electrons. The summed E-state index contributed by atoms with van der Waals surface area (Å²) in [6.45, 7) is 0.759. The molecule has 2 N–H and O–H groups in total. The standard InChI is InChI=1S/C31H30FN3O8/c1-3-42-31(41)25-27(43-30(40)20-7-5-4-6-8-20)26-24(34(2)29(25)39)16-19(18-33-26)15-21-9-10-22(32)17-23(21)28(38)35(11-13-36)12-14-37/h4-10,16-18,36-37H,3,11-15H2,1-2H3. The molecule has 0 aliphatic heterocycles. The predicted octanol–water partition coefficient (Wildman–Crippen LogP) is 2.49. The highest BCUT2D eigenvalue weighted by Gasteiger charge is 2.27. The number of esters is 2. The van der Waals surface area contributed by atoms with E-state index in [0.29, 0.717) is 11.1 Å². The average molecular weight is 592 g/mol. The number of aryl methyl sites for hydroxylation is 1. The van der Waals surface area contributed by atoms with Gasteiger partial charge in [-0.05, 0) is 54.8 Å². The summed E-state index contributed by atoms with van der Waals surface area (Å²) >= 11 is 0. The van der Waals surface area contributed by atoms with E-state index in [4.69, 9.17) is 9.47 Å². The van der Waals surface area contributed by atoms with Gasteiger partial charge in [0, 0.05) is 31.9 Å². The number of aliphatic hydroxyl groups excluding tert-OH is 2. The summed E-state index contributed by atoms with van der Waals surface area (Å²) in [6, 6.07) is 13.3. The van der Waals surface area contributed by atoms with Crippen molar-refractivity contribution in [3.63, 3.8) is 0 Å². The van der Waals surface area contributed by atoms with Crippen LogP contribution < -0.4 is 10.3 Å². The van der Waals surface area contributed by atoms with Gasteiger partial charge in [0.15, 0.2) is 11.3 Å². The van der Waals surface area contributed by atoms with E-state index in [-0.39, 0.29) is 67.2 Å². The third-order valence-electron chi connectivity index (χ3n) is 6.65. The number of rotatable bonds is 11. The van der Waals surface area contributed by atoms with Gasteiger partial charge >= 0.3 is 11.9 Å². The number of hydrogen-bond acceptors (Lipinski definition) is 9. The maximum Gasteiger partial charge on any atom is 0.347 e. The lowest BCUT2D eigenvalue weighted by molar-refractivity contribution is 0.0517. The predicted molar refractivity (Wildman–Crippen MR) is 154 cm³/mol. The van der Waals surface area contributed by atoms with Crippen LogP contribution in [0.4, 0.5) is 4.39 Å². The molecule has 12 heteroatoms. The van der Waals surface area contributed by atoms with Crippen molar-refractivity contribution >= 4 is 28.9 Å². The van der Waals surface area contributed by atoms with Crippen LogP contribution in [0.5, 0.6) is 5.75 Å². The number of fused-ring (bicyclic) bond motifs is 1. The van der Waals surface area contributed by atoms with Crippen LogP contribution in [0, 0.1) is 5.82 Å². The minimum absolute atomic E-state index is 0.0226. The molecule has 0 aliphatic rings. The first-order chi connectivity index (χ1) is 20.7. The zero-order valence-corrected chi connectivity index (χ0v) is 23.6. The number of nitrogens with zero attached hydrogens (tertiary/aromatic N) is 3. The molecule has 2 aromatic carbocycles. The maximum atomic E-state index is 14.2. The monoisotopic (exact) mass is 591 g/mol. The van der Waals surface area contributed by atoms with E-state index in [1.54, 1.807) is 31.2 Å². The van der Waals surface area contributed by atoms with Gasteiger partial charge in [-0.25, -0.2) is 14.0 Å². The molecule has 2 heterocycles. The van der Waals surface area contributed by atoms with Gasteiger partial charge in [-0.15, -0.1) is 0 Å². The molecule has 4 rings (SSSR count). The second-order valence-corrected chi connectivity index (χ2v) is 9.47.